The summed E-state index contributed by atoms with van der Waals surface area (Å²) in [5.74, 6) is -0.229. The van der Waals surface area contributed by atoms with Crippen LogP contribution < -0.4 is 10.2 Å². The van der Waals surface area contributed by atoms with E-state index in [9.17, 15) is 4.39 Å². The number of thiocarbonyl (C=S) groups is 1. The fourth-order valence-electron chi connectivity index (χ4n) is 4.29. The summed E-state index contributed by atoms with van der Waals surface area (Å²) in [4.78, 5) is 6.68. The van der Waals surface area contributed by atoms with Crippen molar-refractivity contribution in [2.75, 3.05) is 4.90 Å². The minimum Gasteiger partial charge on any atom is -0.351 e. The molecule has 0 spiro atoms. The number of benzene rings is 2. The van der Waals surface area contributed by atoms with Crippen LogP contribution >= 0.6 is 12.2 Å². The lowest BCUT2D eigenvalue weighted by atomic mass is 10.0. The van der Waals surface area contributed by atoms with Crippen LogP contribution in [0.25, 0.3) is 5.69 Å². The lowest BCUT2D eigenvalue weighted by Gasteiger charge is -2.29. The van der Waals surface area contributed by atoms with E-state index in [0.29, 0.717) is 10.7 Å². The topological polar surface area (TPSA) is 33.1 Å². The molecule has 0 aliphatic carbocycles. The Hall–Kier alpha value is -3.51. The van der Waals surface area contributed by atoms with Gasteiger partial charge in [-0.15, -0.1) is 0 Å². The first kappa shape index (κ1) is 20.4. The Morgan fingerprint density at radius 2 is 1.72 bits per heavy atom. The highest BCUT2D eigenvalue weighted by atomic mass is 32.1. The second kappa shape index (κ2) is 8.20. The third-order valence-electron chi connectivity index (χ3n) is 5.91. The number of hydrogen-bond donors (Lipinski definition) is 1. The summed E-state index contributed by atoms with van der Waals surface area (Å²) in [6, 6.07) is 23.3. The number of anilines is 1. The zero-order valence-corrected chi connectivity index (χ0v) is 18.7. The van der Waals surface area contributed by atoms with Crippen molar-refractivity contribution in [3.63, 3.8) is 0 Å². The van der Waals surface area contributed by atoms with Gasteiger partial charge < -0.3 is 14.8 Å². The molecule has 0 bridgehead atoms. The molecule has 4 aromatic rings. The average molecular weight is 443 g/mol. The van der Waals surface area contributed by atoms with Gasteiger partial charge in [0.25, 0.3) is 0 Å². The largest absolute Gasteiger partial charge is 0.351 e. The van der Waals surface area contributed by atoms with Gasteiger partial charge in [-0.2, -0.15) is 0 Å². The van der Waals surface area contributed by atoms with Crippen LogP contribution in [-0.4, -0.2) is 14.7 Å². The van der Waals surface area contributed by atoms with Crippen LogP contribution in [0.2, 0.25) is 0 Å². The molecule has 1 saturated heterocycles. The first-order valence-corrected chi connectivity index (χ1v) is 10.9. The van der Waals surface area contributed by atoms with Gasteiger partial charge in [0.05, 0.1) is 11.7 Å². The molecule has 2 aromatic carbocycles. The zero-order valence-electron chi connectivity index (χ0n) is 17.9. The van der Waals surface area contributed by atoms with Crippen molar-refractivity contribution in [3.8, 4) is 5.69 Å². The molecule has 3 heterocycles. The maximum Gasteiger partial charge on any atom is 0.174 e. The van der Waals surface area contributed by atoms with Gasteiger partial charge in [0.2, 0.25) is 0 Å². The fourth-order valence-corrected chi connectivity index (χ4v) is 4.63. The Bertz CT molecular complexity index is 1270. The van der Waals surface area contributed by atoms with E-state index in [1.807, 2.05) is 30.3 Å². The Kier molecular flexibility index (Phi) is 5.23. The molecular formula is C26H23FN4S. The number of nitrogens with one attached hydrogen (secondary N) is 1. The van der Waals surface area contributed by atoms with E-state index in [-0.39, 0.29) is 17.9 Å². The first-order chi connectivity index (χ1) is 15.5. The number of pyridine rings is 1. The maximum absolute atomic E-state index is 14.0. The smallest absolute Gasteiger partial charge is 0.174 e. The molecule has 2 aromatic heterocycles. The molecule has 6 heteroatoms. The van der Waals surface area contributed by atoms with Crippen molar-refractivity contribution in [2.45, 2.75) is 25.9 Å². The van der Waals surface area contributed by atoms with Gasteiger partial charge in [-0.1, -0.05) is 23.8 Å². The van der Waals surface area contributed by atoms with E-state index in [1.165, 1.54) is 11.6 Å². The van der Waals surface area contributed by atoms with E-state index < -0.39 is 0 Å². The minimum atomic E-state index is -0.229. The van der Waals surface area contributed by atoms with Crippen molar-refractivity contribution < 1.29 is 4.39 Å². The Labute approximate surface area is 192 Å². The minimum absolute atomic E-state index is 0.159. The number of hydrogen-bond acceptors (Lipinski definition) is 2. The van der Waals surface area contributed by atoms with Gasteiger partial charge >= 0.3 is 0 Å². The summed E-state index contributed by atoms with van der Waals surface area (Å²) in [5, 5.41) is 4.06. The van der Waals surface area contributed by atoms with E-state index in [2.05, 4.69) is 63.2 Å². The van der Waals surface area contributed by atoms with Gasteiger partial charge in [0, 0.05) is 29.5 Å². The number of nitrogens with zero attached hydrogens (tertiary/aromatic N) is 3. The SMILES string of the molecule is Cc1ccc(-n2cccc2[C@H]2[C@H](c3ccccn3)NC(=S)N2c2ccc(F)c(C)c2)cc1. The van der Waals surface area contributed by atoms with Crippen molar-refractivity contribution in [1.29, 1.82) is 0 Å². The van der Waals surface area contributed by atoms with Crippen molar-refractivity contribution in [3.05, 3.63) is 114 Å². The number of halogens is 1. The van der Waals surface area contributed by atoms with E-state index in [1.54, 1.807) is 19.2 Å². The summed E-state index contributed by atoms with van der Waals surface area (Å²) >= 11 is 5.79. The summed E-state index contributed by atoms with van der Waals surface area (Å²) in [7, 11) is 0. The van der Waals surface area contributed by atoms with Crippen LogP contribution in [-0.2, 0) is 0 Å². The molecule has 32 heavy (non-hydrogen) atoms. The highest BCUT2D eigenvalue weighted by molar-refractivity contribution is 7.80. The predicted octanol–water partition coefficient (Wildman–Crippen LogP) is 5.81. The van der Waals surface area contributed by atoms with Crippen LogP contribution in [0, 0.1) is 19.7 Å². The van der Waals surface area contributed by atoms with Crippen molar-refractivity contribution >= 4 is 23.0 Å². The second-order valence-electron chi connectivity index (χ2n) is 8.07. The molecule has 2 atom stereocenters. The van der Waals surface area contributed by atoms with E-state index in [4.69, 9.17) is 12.2 Å². The Morgan fingerprint density at radius 3 is 2.44 bits per heavy atom. The molecule has 0 radical (unpaired) electrons. The maximum atomic E-state index is 14.0. The monoisotopic (exact) mass is 442 g/mol. The molecule has 1 aliphatic heterocycles. The van der Waals surface area contributed by atoms with Gasteiger partial charge in [0.15, 0.2) is 5.11 Å². The molecular weight excluding hydrogens is 419 g/mol. The normalized spacial score (nSPS) is 18.1. The fraction of sp³-hybridized carbons (Fsp3) is 0.154. The highest BCUT2D eigenvalue weighted by Gasteiger charge is 2.42. The van der Waals surface area contributed by atoms with Crippen LogP contribution in [0.5, 0.6) is 0 Å². The highest BCUT2D eigenvalue weighted by Crippen LogP contribution is 2.42. The second-order valence-corrected chi connectivity index (χ2v) is 8.46. The number of aromatic nitrogens is 2. The van der Waals surface area contributed by atoms with Gasteiger partial charge in [0.1, 0.15) is 11.9 Å². The third kappa shape index (κ3) is 3.56. The Balaban J connectivity index is 1.67. The van der Waals surface area contributed by atoms with Crippen LogP contribution in [0.15, 0.2) is 85.2 Å². The molecule has 4 nitrogen and oxygen atoms in total. The number of aryl methyl sites for hydroxylation is 2. The molecule has 0 unspecified atom stereocenters. The predicted molar refractivity (Wildman–Crippen MR) is 130 cm³/mol. The summed E-state index contributed by atoms with van der Waals surface area (Å²) < 4.78 is 16.2. The molecule has 0 amide bonds. The first-order valence-electron chi connectivity index (χ1n) is 10.5. The molecule has 160 valence electrons. The molecule has 1 N–H and O–H groups in total. The van der Waals surface area contributed by atoms with Crippen LogP contribution in [0.1, 0.15) is 34.6 Å². The molecule has 1 fully saturated rings. The van der Waals surface area contributed by atoms with E-state index in [0.717, 1.165) is 22.8 Å². The van der Waals surface area contributed by atoms with Crippen LogP contribution in [0.3, 0.4) is 0 Å². The lowest BCUT2D eigenvalue weighted by molar-refractivity contribution is 0.549. The lowest BCUT2D eigenvalue weighted by Crippen LogP contribution is -2.30. The standard InChI is InChI=1S/C26H23FN4S/c1-17-8-10-19(11-9-17)30-15-5-7-23(30)25-24(22-6-3-4-14-28-22)29-26(32)31(25)20-12-13-21(27)18(2)16-20/h3-16,24-25H,1-2H3,(H,29,32)/t24-,25-/m0/s1. The Morgan fingerprint density at radius 1 is 0.938 bits per heavy atom. The van der Waals surface area contributed by atoms with Gasteiger partial charge in [-0.25, -0.2) is 4.39 Å². The van der Waals surface area contributed by atoms with Crippen molar-refractivity contribution in [2.24, 2.45) is 0 Å². The van der Waals surface area contributed by atoms with Gasteiger partial charge in [-0.3, -0.25) is 4.98 Å². The summed E-state index contributed by atoms with van der Waals surface area (Å²) in [6.07, 6.45) is 3.85. The number of rotatable bonds is 4. The zero-order chi connectivity index (χ0) is 22.2. The summed E-state index contributed by atoms with van der Waals surface area (Å²) in [5.41, 5.74) is 5.68. The van der Waals surface area contributed by atoms with Gasteiger partial charge in [-0.05, 0) is 86.2 Å². The van der Waals surface area contributed by atoms with Crippen molar-refractivity contribution in [1.82, 2.24) is 14.9 Å². The summed E-state index contributed by atoms with van der Waals surface area (Å²) in [6.45, 7) is 3.85. The van der Waals surface area contributed by atoms with E-state index >= 15 is 0 Å². The third-order valence-corrected chi connectivity index (χ3v) is 6.23. The average Bonchev–Trinajstić information content (AvgIpc) is 3.41. The quantitative estimate of drug-likeness (QED) is 0.405. The molecule has 0 saturated carbocycles. The molecule has 5 rings (SSSR count). The molecule has 1 aliphatic rings. The van der Waals surface area contributed by atoms with Crippen LogP contribution in [0.4, 0.5) is 10.1 Å².